The van der Waals surface area contributed by atoms with Gasteiger partial charge in [0.2, 0.25) is 0 Å². The summed E-state index contributed by atoms with van der Waals surface area (Å²) in [7, 11) is 1.32. The van der Waals surface area contributed by atoms with Crippen molar-refractivity contribution in [3.8, 4) is 5.75 Å². The molecule has 0 aliphatic rings. The highest BCUT2D eigenvalue weighted by molar-refractivity contribution is 5.93. The predicted molar refractivity (Wildman–Crippen MR) is 67.6 cm³/mol. The molecule has 0 aliphatic heterocycles. The maximum Gasteiger partial charge on any atom is 0.358 e. The molecule has 0 radical (unpaired) electrons. The topological polar surface area (TPSA) is 85.7 Å². The smallest absolute Gasteiger partial charge is 0.358 e. The number of carbonyl (C=O) groups excluding carboxylic acids is 1. The second kappa shape index (κ2) is 7.35. The Morgan fingerprint density at radius 3 is 2.68 bits per heavy atom. The number of carboxylic acid groups (broad SMARTS) is 1. The minimum atomic E-state index is -1.21. The zero-order valence-corrected chi connectivity index (χ0v) is 11.0. The summed E-state index contributed by atoms with van der Waals surface area (Å²) in [5.74, 6) is -1.70. The van der Waals surface area contributed by atoms with Gasteiger partial charge in [0.15, 0.2) is 11.4 Å². The summed E-state index contributed by atoms with van der Waals surface area (Å²) >= 11 is 0. The first-order chi connectivity index (χ1) is 9.10. The van der Waals surface area contributed by atoms with E-state index in [1.165, 1.54) is 19.4 Å². The van der Waals surface area contributed by atoms with Gasteiger partial charge in [-0.15, -0.1) is 0 Å². The first-order valence-electron chi connectivity index (χ1n) is 6.04. The Labute approximate surface area is 111 Å². The number of hydrogen-bond donors (Lipinski definition) is 1. The maximum atomic E-state index is 11.7. The number of aromatic carboxylic acids is 1. The van der Waals surface area contributed by atoms with Crippen molar-refractivity contribution in [3.05, 3.63) is 23.5 Å². The van der Waals surface area contributed by atoms with Crippen molar-refractivity contribution in [2.24, 2.45) is 0 Å². The van der Waals surface area contributed by atoms with E-state index in [4.69, 9.17) is 14.6 Å². The fourth-order valence-corrected chi connectivity index (χ4v) is 1.47. The molecule has 6 heteroatoms. The Morgan fingerprint density at radius 2 is 2.11 bits per heavy atom. The van der Waals surface area contributed by atoms with Crippen molar-refractivity contribution in [1.29, 1.82) is 0 Å². The van der Waals surface area contributed by atoms with Crippen LogP contribution in [0.5, 0.6) is 5.75 Å². The zero-order chi connectivity index (χ0) is 14.3. The molecule has 1 N–H and O–H groups in total. The molecule has 0 fully saturated rings. The average molecular weight is 267 g/mol. The molecule has 0 saturated carbocycles. The molecule has 0 spiro atoms. The van der Waals surface area contributed by atoms with E-state index in [-0.39, 0.29) is 17.0 Å². The number of hydrogen-bond acceptors (Lipinski definition) is 5. The standard InChI is InChI=1S/C13H17NO5/c1-3-4-5-6-19-13(17)9-7-10(18-2)11(12(15)16)14-8-9/h7-8H,3-6H2,1-2H3,(H,15,16). The molecule has 1 aromatic rings. The van der Waals surface area contributed by atoms with Crippen LogP contribution in [0.1, 0.15) is 47.0 Å². The highest BCUT2D eigenvalue weighted by atomic mass is 16.5. The van der Waals surface area contributed by atoms with E-state index in [0.29, 0.717) is 6.61 Å². The van der Waals surface area contributed by atoms with E-state index in [1.54, 1.807) is 0 Å². The van der Waals surface area contributed by atoms with Crippen LogP contribution in [0, 0.1) is 0 Å². The second-order valence-corrected chi connectivity index (χ2v) is 3.92. The molecule has 0 atom stereocenters. The van der Waals surface area contributed by atoms with Crippen molar-refractivity contribution in [2.75, 3.05) is 13.7 Å². The van der Waals surface area contributed by atoms with E-state index < -0.39 is 11.9 Å². The first-order valence-corrected chi connectivity index (χ1v) is 6.04. The number of unbranched alkanes of at least 4 members (excludes halogenated alkanes) is 2. The van der Waals surface area contributed by atoms with Crippen LogP contribution < -0.4 is 4.74 Å². The van der Waals surface area contributed by atoms with E-state index >= 15 is 0 Å². The van der Waals surface area contributed by atoms with Crippen LogP contribution in [0.2, 0.25) is 0 Å². The molecule has 104 valence electrons. The van der Waals surface area contributed by atoms with Gasteiger partial charge in [0.1, 0.15) is 0 Å². The van der Waals surface area contributed by atoms with Crippen LogP contribution >= 0.6 is 0 Å². The third-order valence-electron chi connectivity index (χ3n) is 2.49. The molecular weight excluding hydrogens is 250 g/mol. The second-order valence-electron chi connectivity index (χ2n) is 3.92. The van der Waals surface area contributed by atoms with Gasteiger partial charge in [0.25, 0.3) is 0 Å². The number of methoxy groups -OCH3 is 1. The Bertz CT molecular complexity index is 458. The van der Waals surface area contributed by atoms with Gasteiger partial charge in [-0.25, -0.2) is 14.6 Å². The average Bonchev–Trinajstić information content (AvgIpc) is 2.42. The third-order valence-corrected chi connectivity index (χ3v) is 2.49. The van der Waals surface area contributed by atoms with Crippen LogP contribution in [-0.4, -0.2) is 35.7 Å². The lowest BCUT2D eigenvalue weighted by Gasteiger charge is -2.07. The zero-order valence-electron chi connectivity index (χ0n) is 11.0. The molecule has 0 unspecified atom stereocenters. The lowest BCUT2D eigenvalue weighted by atomic mass is 10.2. The summed E-state index contributed by atoms with van der Waals surface area (Å²) in [6.07, 6.45) is 4.02. The molecular formula is C13H17NO5. The van der Waals surface area contributed by atoms with Crippen LogP contribution in [0.15, 0.2) is 12.3 Å². The summed E-state index contributed by atoms with van der Waals surface area (Å²) in [5.41, 5.74) is -0.0524. The molecule has 6 nitrogen and oxygen atoms in total. The summed E-state index contributed by atoms with van der Waals surface area (Å²) in [6, 6.07) is 1.32. The van der Waals surface area contributed by atoms with Crippen molar-refractivity contribution in [3.63, 3.8) is 0 Å². The fraction of sp³-hybridized carbons (Fsp3) is 0.462. The Hall–Kier alpha value is -2.11. The monoisotopic (exact) mass is 267 g/mol. The molecule has 1 heterocycles. The lowest BCUT2D eigenvalue weighted by Crippen LogP contribution is -2.10. The Balaban J connectivity index is 2.73. The Morgan fingerprint density at radius 1 is 1.37 bits per heavy atom. The Kier molecular flexibility index (Phi) is 5.78. The summed E-state index contributed by atoms with van der Waals surface area (Å²) in [5, 5.41) is 8.87. The van der Waals surface area contributed by atoms with Gasteiger partial charge in [-0.3, -0.25) is 0 Å². The number of carboxylic acids is 1. The normalized spacial score (nSPS) is 10.0. The largest absolute Gasteiger partial charge is 0.494 e. The van der Waals surface area contributed by atoms with Gasteiger partial charge < -0.3 is 14.6 Å². The van der Waals surface area contributed by atoms with Crippen molar-refractivity contribution >= 4 is 11.9 Å². The quantitative estimate of drug-likeness (QED) is 0.601. The van der Waals surface area contributed by atoms with Gasteiger partial charge >= 0.3 is 11.9 Å². The fourth-order valence-electron chi connectivity index (χ4n) is 1.47. The van der Waals surface area contributed by atoms with Crippen molar-refractivity contribution in [1.82, 2.24) is 4.98 Å². The molecule has 0 saturated heterocycles. The molecule has 0 bridgehead atoms. The minimum absolute atomic E-state index is 0.0375. The number of nitrogens with zero attached hydrogens (tertiary/aromatic N) is 1. The lowest BCUT2D eigenvalue weighted by molar-refractivity contribution is 0.0495. The van der Waals surface area contributed by atoms with Gasteiger partial charge in [-0.05, 0) is 12.5 Å². The van der Waals surface area contributed by atoms with Crippen molar-refractivity contribution in [2.45, 2.75) is 26.2 Å². The minimum Gasteiger partial charge on any atom is -0.494 e. The first kappa shape index (κ1) is 14.9. The van der Waals surface area contributed by atoms with E-state index in [0.717, 1.165) is 19.3 Å². The number of ether oxygens (including phenoxy) is 2. The highest BCUT2D eigenvalue weighted by Gasteiger charge is 2.16. The summed E-state index contributed by atoms with van der Waals surface area (Å²) < 4.78 is 9.94. The molecule has 1 aromatic heterocycles. The number of esters is 1. The van der Waals surface area contributed by atoms with Crippen LogP contribution in [-0.2, 0) is 4.74 Å². The molecule has 0 aliphatic carbocycles. The molecule has 0 aromatic carbocycles. The van der Waals surface area contributed by atoms with Gasteiger partial charge in [0, 0.05) is 6.20 Å². The van der Waals surface area contributed by atoms with Crippen LogP contribution in [0.4, 0.5) is 0 Å². The van der Waals surface area contributed by atoms with E-state index in [2.05, 4.69) is 11.9 Å². The van der Waals surface area contributed by atoms with Crippen molar-refractivity contribution < 1.29 is 24.2 Å². The number of carbonyl (C=O) groups is 2. The summed E-state index contributed by atoms with van der Waals surface area (Å²) in [4.78, 5) is 26.2. The number of pyridine rings is 1. The maximum absolute atomic E-state index is 11.7. The van der Waals surface area contributed by atoms with Crippen LogP contribution in [0.3, 0.4) is 0 Å². The van der Waals surface area contributed by atoms with E-state index in [1.807, 2.05) is 0 Å². The number of rotatable bonds is 7. The number of aromatic nitrogens is 1. The van der Waals surface area contributed by atoms with Gasteiger partial charge in [-0.1, -0.05) is 19.8 Å². The molecule has 1 rings (SSSR count). The summed E-state index contributed by atoms with van der Waals surface area (Å²) in [6.45, 7) is 2.40. The van der Waals surface area contributed by atoms with Gasteiger partial charge in [0.05, 0.1) is 19.3 Å². The van der Waals surface area contributed by atoms with Crippen LogP contribution in [0.25, 0.3) is 0 Å². The molecule has 19 heavy (non-hydrogen) atoms. The molecule has 0 amide bonds. The predicted octanol–water partition coefficient (Wildman–Crippen LogP) is 2.14. The third kappa shape index (κ3) is 4.24. The van der Waals surface area contributed by atoms with Gasteiger partial charge in [-0.2, -0.15) is 0 Å². The van der Waals surface area contributed by atoms with E-state index in [9.17, 15) is 9.59 Å². The highest BCUT2D eigenvalue weighted by Crippen LogP contribution is 2.18. The SMILES string of the molecule is CCCCCOC(=O)c1cnc(C(=O)O)c(OC)c1.